The minimum absolute atomic E-state index is 1.19. The molecule has 27 heavy (non-hydrogen) atoms. The molecule has 1 heteroatoms. The van der Waals surface area contributed by atoms with E-state index in [-0.39, 0.29) is 0 Å². The summed E-state index contributed by atoms with van der Waals surface area (Å²) in [5.74, 6) is 0. The quantitative estimate of drug-likeness (QED) is 0.250. The highest BCUT2D eigenvalue weighted by Crippen LogP contribution is 2.67. The molecule has 0 unspecified atom stereocenters. The third kappa shape index (κ3) is 6.33. The van der Waals surface area contributed by atoms with Gasteiger partial charge in [0.1, 0.15) is 0 Å². The van der Waals surface area contributed by atoms with Crippen molar-refractivity contribution in [2.45, 2.75) is 44.7 Å². The van der Waals surface area contributed by atoms with Gasteiger partial charge in [0, 0.05) is 7.26 Å². The number of rotatable bonds is 10. The number of unbranched alkanes of at least 4 members (excludes halogenated alkanes) is 2. The normalized spacial score (nSPS) is 11.4. The van der Waals surface area contributed by atoms with E-state index in [0.29, 0.717) is 0 Å². The Morgan fingerprint density at radius 3 is 1.22 bits per heavy atom. The molecule has 0 fully saturated rings. The molecule has 0 nitrogen and oxygen atoms in total. The molecule has 0 bridgehead atoms. The Kier molecular flexibility index (Phi) is 7.66. The van der Waals surface area contributed by atoms with Gasteiger partial charge in [-0.25, -0.2) is 0 Å². The first-order chi connectivity index (χ1) is 13.3. The summed E-state index contributed by atoms with van der Waals surface area (Å²) in [6.07, 6.45) is 9.14. The zero-order valence-corrected chi connectivity index (χ0v) is 17.5. The van der Waals surface area contributed by atoms with Crippen LogP contribution in [0.4, 0.5) is 0 Å². The highest BCUT2D eigenvalue weighted by atomic mass is 31.2. The fourth-order valence-corrected chi connectivity index (χ4v) is 8.67. The van der Waals surface area contributed by atoms with Crippen LogP contribution in [0.2, 0.25) is 0 Å². The fourth-order valence-electron chi connectivity index (χ4n) is 4.01. The van der Waals surface area contributed by atoms with E-state index in [2.05, 4.69) is 97.9 Å². The molecule has 0 aliphatic carbocycles. The van der Waals surface area contributed by atoms with Crippen LogP contribution < -0.4 is 0 Å². The third-order valence-corrected chi connectivity index (χ3v) is 9.69. The Balaban J connectivity index is 1.93. The summed E-state index contributed by atoms with van der Waals surface area (Å²) in [7, 11) is -1.19. The lowest BCUT2D eigenvalue weighted by Gasteiger charge is -2.28. The predicted octanol–water partition coefficient (Wildman–Crippen LogP) is 7.79. The molecule has 3 rings (SSSR count). The van der Waals surface area contributed by atoms with Gasteiger partial charge in [0.25, 0.3) is 0 Å². The van der Waals surface area contributed by atoms with Crippen LogP contribution in [0.25, 0.3) is 0 Å². The van der Waals surface area contributed by atoms with E-state index < -0.39 is 7.26 Å². The van der Waals surface area contributed by atoms with Crippen molar-refractivity contribution in [1.82, 2.24) is 0 Å². The predicted molar refractivity (Wildman–Crippen MR) is 122 cm³/mol. The van der Waals surface area contributed by atoms with E-state index in [0.717, 1.165) is 0 Å². The summed E-state index contributed by atoms with van der Waals surface area (Å²) in [6.45, 7) is 2.31. The summed E-state index contributed by atoms with van der Waals surface area (Å²) in [5.41, 5.74) is 4.53. The van der Waals surface area contributed by atoms with Crippen LogP contribution in [-0.4, -0.2) is 6.16 Å². The first-order valence-electron chi connectivity index (χ1n) is 10.3. The largest absolute Gasteiger partial charge is 0.0849 e. The van der Waals surface area contributed by atoms with Crippen LogP contribution in [0.15, 0.2) is 91.0 Å². The molecule has 3 aromatic rings. The molecule has 0 spiro atoms. The van der Waals surface area contributed by atoms with Crippen molar-refractivity contribution in [1.29, 1.82) is 0 Å². The molecule has 0 aromatic heterocycles. The first-order valence-corrected chi connectivity index (χ1v) is 12.8. The van der Waals surface area contributed by atoms with Crippen LogP contribution in [0.1, 0.15) is 42.9 Å². The van der Waals surface area contributed by atoms with Gasteiger partial charge >= 0.3 is 0 Å². The lowest BCUT2D eigenvalue weighted by Crippen LogP contribution is -2.09. The maximum absolute atomic E-state index is 2.32. The van der Waals surface area contributed by atoms with Crippen molar-refractivity contribution in [3.8, 4) is 0 Å². The number of benzene rings is 3. The first kappa shape index (κ1) is 19.8. The summed E-state index contributed by atoms with van der Waals surface area (Å²) < 4.78 is 0. The second-order valence-electron chi connectivity index (χ2n) is 7.70. The number of hydrogen-bond acceptors (Lipinski definition) is 0. The minimum atomic E-state index is -1.19. The lowest BCUT2D eigenvalue weighted by atomic mass is 10.2. The third-order valence-electron chi connectivity index (χ3n) is 5.32. The Labute approximate surface area is 166 Å². The molecule has 0 radical (unpaired) electrons. The van der Waals surface area contributed by atoms with Gasteiger partial charge in [0.15, 0.2) is 0 Å². The van der Waals surface area contributed by atoms with Gasteiger partial charge in [-0.1, -0.05) is 111 Å². The van der Waals surface area contributed by atoms with E-state index in [1.807, 2.05) is 0 Å². The molecule has 0 amide bonds. The smallest absolute Gasteiger partial charge is 0.0654 e. The van der Waals surface area contributed by atoms with Gasteiger partial charge in [-0.15, -0.1) is 0 Å². The fraction of sp³-hybridized carbons (Fsp3) is 0.308. The molecule has 0 saturated heterocycles. The lowest BCUT2D eigenvalue weighted by molar-refractivity contribution is 0.770. The van der Waals surface area contributed by atoms with E-state index in [4.69, 9.17) is 0 Å². The van der Waals surface area contributed by atoms with E-state index in [9.17, 15) is 0 Å². The Hall–Kier alpha value is -1.91. The van der Waals surface area contributed by atoms with E-state index in [1.165, 1.54) is 60.6 Å². The van der Waals surface area contributed by atoms with E-state index >= 15 is 0 Å². The summed E-state index contributed by atoms with van der Waals surface area (Å²) in [4.78, 5) is 0. The van der Waals surface area contributed by atoms with Gasteiger partial charge in [-0.3, -0.25) is 0 Å². The molecule has 0 N–H and O–H groups in total. The monoisotopic (exact) mass is 375 g/mol. The topological polar surface area (TPSA) is 0 Å². The minimum Gasteiger partial charge on any atom is -0.0654 e. The van der Waals surface area contributed by atoms with Crippen molar-refractivity contribution >= 4 is 7.26 Å². The van der Waals surface area contributed by atoms with Gasteiger partial charge in [0.2, 0.25) is 0 Å². The van der Waals surface area contributed by atoms with Crippen molar-refractivity contribution in [3.05, 3.63) is 108 Å². The number of hydrogen-bond donors (Lipinski definition) is 0. The maximum atomic E-state index is 2.32. The molecular weight excluding hydrogens is 343 g/mol. The van der Waals surface area contributed by atoms with Gasteiger partial charge in [-0.2, -0.15) is 0 Å². The summed E-state index contributed by atoms with van der Waals surface area (Å²) >= 11 is 0. The molecule has 0 heterocycles. The summed E-state index contributed by atoms with van der Waals surface area (Å²) in [6, 6.07) is 33.5. The van der Waals surface area contributed by atoms with Crippen molar-refractivity contribution < 1.29 is 0 Å². The molecular formula is C26H32P+. The standard InChI is InChI=1S/C26H32P/c1-2-3-13-20-27(21-24-14-7-4-8-15-24,22-25-16-9-5-10-17-25)23-26-18-11-6-12-19-26/h4-12,14-19H,2-3,13,20-23H2,1H3/q+1. The summed E-state index contributed by atoms with van der Waals surface area (Å²) in [5, 5.41) is 0. The maximum Gasteiger partial charge on any atom is 0.0849 e. The zero-order valence-electron chi connectivity index (χ0n) is 16.6. The average molecular weight is 376 g/mol. The molecule has 0 aliphatic heterocycles. The second-order valence-corrected chi connectivity index (χ2v) is 11.8. The SMILES string of the molecule is CCCCC[P+](Cc1ccccc1)(Cc1ccccc1)Cc1ccccc1. The van der Waals surface area contributed by atoms with Gasteiger partial charge in [-0.05, 0) is 23.1 Å². The van der Waals surface area contributed by atoms with Crippen molar-refractivity contribution in [2.24, 2.45) is 0 Å². The highest BCUT2D eigenvalue weighted by molar-refractivity contribution is 7.73. The Morgan fingerprint density at radius 2 is 0.889 bits per heavy atom. The zero-order chi connectivity index (χ0) is 18.8. The molecule has 0 aliphatic rings. The molecule has 0 saturated carbocycles. The van der Waals surface area contributed by atoms with Crippen LogP contribution in [0.3, 0.4) is 0 Å². The molecule has 0 atom stereocenters. The Morgan fingerprint density at radius 1 is 0.519 bits per heavy atom. The van der Waals surface area contributed by atoms with Crippen LogP contribution in [-0.2, 0) is 18.5 Å². The second kappa shape index (κ2) is 10.4. The van der Waals surface area contributed by atoms with Gasteiger partial charge < -0.3 is 0 Å². The Bertz CT molecular complexity index is 664. The average Bonchev–Trinajstić information content (AvgIpc) is 2.70. The van der Waals surface area contributed by atoms with Crippen molar-refractivity contribution in [2.75, 3.05) is 6.16 Å². The van der Waals surface area contributed by atoms with E-state index in [1.54, 1.807) is 0 Å². The molecule has 140 valence electrons. The van der Waals surface area contributed by atoms with Crippen LogP contribution in [0, 0.1) is 0 Å². The van der Waals surface area contributed by atoms with Crippen LogP contribution in [0.5, 0.6) is 0 Å². The van der Waals surface area contributed by atoms with Gasteiger partial charge in [0.05, 0.1) is 24.6 Å². The molecule has 3 aromatic carbocycles. The van der Waals surface area contributed by atoms with Crippen LogP contribution >= 0.6 is 7.26 Å². The van der Waals surface area contributed by atoms with Crippen molar-refractivity contribution in [3.63, 3.8) is 0 Å². The highest BCUT2D eigenvalue weighted by Gasteiger charge is 2.37.